The van der Waals surface area contributed by atoms with Crippen LogP contribution in [0.1, 0.15) is 0 Å². The number of ether oxygens (including phenoxy) is 21. The second-order valence-electron chi connectivity index (χ2n) is 14.3. The minimum Gasteiger partial charge on any atom is -0.382 e. The predicted molar refractivity (Wildman–Crippen MR) is 208 cm³/mol. The molecule has 60 heavy (non-hydrogen) atoms. The Hall–Kier alpha value is -0.840. The fraction of sp³-hybridized carbons (Fsp3) is 1.00. The molecule has 3 rings (SSSR count). The van der Waals surface area contributed by atoms with E-state index in [9.17, 15) is 0 Å². The quantitative estimate of drug-likeness (QED) is 0.0950. The summed E-state index contributed by atoms with van der Waals surface area (Å²) >= 11 is 0. The first-order valence-electron chi connectivity index (χ1n) is 19.8. The summed E-state index contributed by atoms with van der Waals surface area (Å²) in [7, 11) is 23.4. The highest BCUT2D eigenvalue weighted by Gasteiger charge is 2.53. The van der Waals surface area contributed by atoms with Gasteiger partial charge in [-0.05, 0) is 0 Å². The Labute approximate surface area is 355 Å². The van der Waals surface area contributed by atoms with Gasteiger partial charge < -0.3 is 99.5 Å². The molecule has 356 valence electrons. The summed E-state index contributed by atoms with van der Waals surface area (Å²) in [6.07, 6.45) is -12.8. The largest absolute Gasteiger partial charge is 0.382 e. The van der Waals surface area contributed by atoms with Crippen LogP contribution in [0.3, 0.4) is 0 Å². The molecule has 0 bridgehead atoms. The Bertz CT molecular complexity index is 1110. The van der Waals surface area contributed by atoms with Gasteiger partial charge in [0, 0.05) is 107 Å². The maximum Gasteiger partial charge on any atom is 0.187 e. The lowest BCUT2D eigenvalue weighted by Crippen LogP contribution is -2.64. The van der Waals surface area contributed by atoms with Crippen LogP contribution in [0.15, 0.2) is 0 Å². The molecule has 3 aliphatic heterocycles. The molecule has 0 saturated carbocycles. The first-order valence-corrected chi connectivity index (χ1v) is 19.8. The van der Waals surface area contributed by atoms with E-state index >= 15 is 0 Å². The molecule has 0 spiro atoms. The summed E-state index contributed by atoms with van der Waals surface area (Å²) in [6.45, 7) is 0.432. The Kier molecular flexibility index (Phi) is 25.1. The average molecular weight is 879 g/mol. The monoisotopic (exact) mass is 878 g/mol. The highest BCUT2D eigenvalue weighted by Crippen LogP contribution is 2.34. The van der Waals surface area contributed by atoms with Crippen LogP contribution in [0.25, 0.3) is 0 Å². The van der Waals surface area contributed by atoms with E-state index in [2.05, 4.69) is 0 Å². The van der Waals surface area contributed by atoms with Gasteiger partial charge >= 0.3 is 0 Å². The normalized spacial score (nSPS) is 37.1. The average Bonchev–Trinajstić information content (AvgIpc) is 3.27. The first kappa shape index (κ1) is 53.5. The van der Waals surface area contributed by atoms with Gasteiger partial charge in [-0.25, -0.2) is 0 Å². The number of hydrogen-bond acceptors (Lipinski definition) is 21. The van der Waals surface area contributed by atoms with Gasteiger partial charge in [0.2, 0.25) is 0 Å². The van der Waals surface area contributed by atoms with Crippen LogP contribution < -0.4 is 0 Å². The van der Waals surface area contributed by atoms with Crippen molar-refractivity contribution in [3.05, 3.63) is 0 Å². The standard InChI is InChI=1S/C39H74O21/c1-40-16-21(42-3)26(44-5)27(45-6)22(43-4)18-55-37-35(53-14)32(50-11)29(47-8)24(59-37)20-57-39-36(54-15)33(51-12)30(48-9)25(60-39)19-56-38-34(52-13)31(49-10)28(46-7)23(58-38)17-41-2/h21-39H,16-20H2,1-15H3/t21-,22-,23+,24+,25+,26-,27+,28-,29+,30-,31-,32-,33-,34+,35+,36+,37+,38+,39+/m0/s1. The molecule has 3 saturated heterocycles. The zero-order chi connectivity index (χ0) is 44.4. The topological polar surface area (TPSA) is 194 Å². The molecule has 0 amide bonds. The Morgan fingerprint density at radius 1 is 0.317 bits per heavy atom. The molecule has 0 radical (unpaired) electrons. The molecule has 0 unspecified atom stereocenters. The second-order valence-corrected chi connectivity index (χ2v) is 14.3. The molecule has 19 atom stereocenters. The molecule has 21 nitrogen and oxygen atoms in total. The van der Waals surface area contributed by atoms with E-state index in [1.165, 1.54) is 14.2 Å². The van der Waals surface area contributed by atoms with Gasteiger partial charge in [-0.1, -0.05) is 0 Å². The van der Waals surface area contributed by atoms with Crippen LogP contribution in [-0.4, -0.2) is 256 Å². The first-order chi connectivity index (χ1) is 29.1. The summed E-state index contributed by atoms with van der Waals surface area (Å²) in [6, 6.07) is 0. The third-order valence-corrected chi connectivity index (χ3v) is 11.4. The van der Waals surface area contributed by atoms with E-state index in [4.69, 9.17) is 99.5 Å². The summed E-state index contributed by atoms with van der Waals surface area (Å²) in [5.41, 5.74) is 0. The third kappa shape index (κ3) is 12.9. The van der Waals surface area contributed by atoms with Crippen molar-refractivity contribution in [2.24, 2.45) is 0 Å². The maximum absolute atomic E-state index is 6.55. The van der Waals surface area contributed by atoms with Crippen molar-refractivity contribution in [2.45, 2.75) is 117 Å². The van der Waals surface area contributed by atoms with Gasteiger partial charge in [-0.15, -0.1) is 0 Å². The lowest BCUT2D eigenvalue weighted by Gasteiger charge is -2.47. The molecule has 0 aliphatic carbocycles. The minimum absolute atomic E-state index is 0.00959. The highest BCUT2D eigenvalue weighted by atomic mass is 16.8. The molecular weight excluding hydrogens is 804 g/mol. The second kappa shape index (κ2) is 28.2. The van der Waals surface area contributed by atoms with E-state index in [1.807, 2.05) is 0 Å². The van der Waals surface area contributed by atoms with Crippen molar-refractivity contribution < 1.29 is 99.5 Å². The molecule has 3 heterocycles. The van der Waals surface area contributed by atoms with Gasteiger partial charge in [0.05, 0.1) is 33.0 Å². The number of methoxy groups -OCH3 is 15. The summed E-state index contributed by atoms with van der Waals surface area (Å²) < 4.78 is 125. The Morgan fingerprint density at radius 3 is 0.917 bits per heavy atom. The van der Waals surface area contributed by atoms with E-state index in [1.54, 1.807) is 92.4 Å². The van der Waals surface area contributed by atoms with Gasteiger partial charge in [0.15, 0.2) is 18.9 Å². The van der Waals surface area contributed by atoms with Crippen LogP contribution in [0.5, 0.6) is 0 Å². The van der Waals surface area contributed by atoms with Crippen LogP contribution in [0.2, 0.25) is 0 Å². The smallest absolute Gasteiger partial charge is 0.187 e. The van der Waals surface area contributed by atoms with Gasteiger partial charge in [-0.3, -0.25) is 0 Å². The van der Waals surface area contributed by atoms with Crippen molar-refractivity contribution in [1.29, 1.82) is 0 Å². The lowest BCUT2D eigenvalue weighted by atomic mass is 9.97. The van der Waals surface area contributed by atoms with E-state index in [0.29, 0.717) is 0 Å². The summed E-state index contributed by atoms with van der Waals surface area (Å²) in [5.74, 6) is 0. The van der Waals surface area contributed by atoms with Crippen molar-refractivity contribution >= 4 is 0 Å². The van der Waals surface area contributed by atoms with E-state index in [0.717, 1.165) is 0 Å². The molecule has 0 aromatic carbocycles. The predicted octanol–water partition coefficient (Wildman–Crippen LogP) is -0.301. The number of rotatable bonds is 29. The van der Waals surface area contributed by atoms with Gasteiger partial charge in [0.1, 0.15) is 97.7 Å². The SMILES string of the molecule is COC[C@H](OC)[C@H](OC)[C@H](OC)[C@H](CO[C@@H]1O[C@H](CO[C@@H]2O[C@H](CO[C@@H]3O[C@H](COC)[C@H](OC)[C@H](OC)[C@H]3OC)[C@H](OC)[C@H](OC)[C@H]2OC)[C@@H](OC)[C@H](OC)[C@H]1OC)OC. The van der Waals surface area contributed by atoms with E-state index in [-0.39, 0.29) is 33.0 Å². The molecule has 0 N–H and O–H groups in total. The molecule has 0 aromatic heterocycles. The van der Waals surface area contributed by atoms with Gasteiger partial charge in [0.25, 0.3) is 0 Å². The van der Waals surface area contributed by atoms with Crippen molar-refractivity contribution in [1.82, 2.24) is 0 Å². The van der Waals surface area contributed by atoms with Crippen LogP contribution >= 0.6 is 0 Å². The van der Waals surface area contributed by atoms with Crippen molar-refractivity contribution in [2.75, 3.05) is 140 Å². The minimum atomic E-state index is -0.995. The number of hydrogen-bond donors (Lipinski definition) is 0. The maximum atomic E-state index is 6.55. The lowest BCUT2D eigenvalue weighted by molar-refractivity contribution is -0.352. The molecule has 21 heteroatoms. The fourth-order valence-electron chi connectivity index (χ4n) is 8.33. The van der Waals surface area contributed by atoms with Crippen LogP contribution in [-0.2, 0) is 99.5 Å². The third-order valence-electron chi connectivity index (χ3n) is 11.4. The fourth-order valence-corrected chi connectivity index (χ4v) is 8.33. The Balaban J connectivity index is 1.83. The molecular formula is C39H74O21. The zero-order valence-electron chi connectivity index (χ0n) is 38.1. The van der Waals surface area contributed by atoms with Crippen LogP contribution in [0.4, 0.5) is 0 Å². The molecule has 3 fully saturated rings. The van der Waals surface area contributed by atoms with Gasteiger partial charge in [-0.2, -0.15) is 0 Å². The molecule has 0 aromatic rings. The summed E-state index contributed by atoms with van der Waals surface area (Å²) in [5, 5.41) is 0. The molecule has 3 aliphatic rings. The van der Waals surface area contributed by atoms with Crippen molar-refractivity contribution in [3.8, 4) is 0 Å². The highest BCUT2D eigenvalue weighted by molar-refractivity contribution is 4.97. The summed E-state index contributed by atoms with van der Waals surface area (Å²) in [4.78, 5) is 0. The van der Waals surface area contributed by atoms with Crippen LogP contribution in [0, 0.1) is 0 Å². The van der Waals surface area contributed by atoms with E-state index < -0.39 is 117 Å². The Morgan fingerprint density at radius 2 is 0.633 bits per heavy atom. The zero-order valence-corrected chi connectivity index (χ0v) is 38.1. The van der Waals surface area contributed by atoms with Crippen molar-refractivity contribution in [3.63, 3.8) is 0 Å².